The fourth-order valence-electron chi connectivity index (χ4n) is 1.90. The van der Waals surface area contributed by atoms with Crippen LogP contribution in [0.15, 0.2) is 40.9 Å². The van der Waals surface area contributed by atoms with E-state index in [-0.39, 0.29) is 12.5 Å². The van der Waals surface area contributed by atoms with Gasteiger partial charge in [0.2, 0.25) is 5.91 Å². The van der Waals surface area contributed by atoms with Gasteiger partial charge in [0.25, 0.3) is 0 Å². The second-order valence-corrected chi connectivity index (χ2v) is 6.12. The number of carbonyl (C=O) groups excluding carboxylic acids is 1. The highest BCUT2D eigenvalue weighted by Crippen LogP contribution is 2.21. The van der Waals surface area contributed by atoms with Crippen molar-refractivity contribution in [2.45, 2.75) is 13.8 Å². The average Bonchev–Trinajstić information content (AvgIpc) is 2.43. The molecular formula is C16H16BrClN2O. The minimum absolute atomic E-state index is 0.0963. The quantitative estimate of drug-likeness (QED) is 0.817. The molecule has 1 amide bonds. The first-order valence-corrected chi connectivity index (χ1v) is 7.69. The maximum Gasteiger partial charge on any atom is 0.243 e. The van der Waals surface area contributed by atoms with Gasteiger partial charge in [-0.1, -0.05) is 27.5 Å². The normalized spacial score (nSPS) is 10.3. The van der Waals surface area contributed by atoms with Crippen molar-refractivity contribution < 1.29 is 4.79 Å². The van der Waals surface area contributed by atoms with Crippen LogP contribution >= 0.6 is 27.5 Å². The van der Waals surface area contributed by atoms with Crippen molar-refractivity contribution in [3.63, 3.8) is 0 Å². The van der Waals surface area contributed by atoms with Gasteiger partial charge in [0, 0.05) is 20.9 Å². The molecule has 0 saturated carbocycles. The summed E-state index contributed by atoms with van der Waals surface area (Å²) >= 11 is 9.34. The first kappa shape index (κ1) is 15.9. The van der Waals surface area contributed by atoms with E-state index in [0.717, 1.165) is 27.0 Å². The lowest BCUT2D eigenvalue weighted by Crippen LogP contribution is -2.22. The van der Waals surface area contributed by atoms with Crippen LogP contribution in [0.5, 0.6) is 0 Å². The van der Waals surface area contributed by atoms with Gasteiger partial charge in [-0.05, 0) is 61.4 Å². The molecule has 0 atom stereocenters. The van der Waals surface area contributed by atoms with Gasteiger partial charge in [-0.3, -0.25) is 4.79 Å². The molecule has 0 radical (unpaired) electrons. The van der Waals surface area contributed by atoms with Crippen molar-refractivity contribution in [1.82, 2.24) is 0 Å². The summed E-state index contributed by atoms with van der Waals surface area (Å²) in [6.45, 7) is 4.13. The highest BCUT2D eigenvalue weighted by molar-refractivity contribution is 9.10. The molecule has 2 aromatic carbocycles. The molecule has 2 N–H and O–H groups in total. The SMILES string of the molecule is Cc1cc(NCC(=O)Nc2ccc(Cl)cc2C)ccc1Br. The van der Waals surface area contributed by atoms with Crippen molar-refractivity contribution in [3.05, 3.63) is 57.0 Å². The van der Waals surface area contributed by atoms with Crippen molar-refractivity contribution in [2.24, 2.45) is 0 Å². The van der Waals surface area contributed by atoms with Gasteiger partial charge in [-0.2, -0.15) is 0 Å². The average molecular weight is 368 g/mol. The van der Waals surface area contributed by atoms with Crippen LogP contribution in [0.2, 0.25) is 5.02 Å². The summed E-state index contributed by atoms with van der Waals surface area (Å²) in [4.78, 5) is 12.0. The van der Waals surface area contributed by atoms with Crippen LogP contribution in [0.4, 0.5) is 11.4 Å². The lowest BCUT2D eigenvalue weighted by molar-refractivity contribution is -0.114. The van der Waals surface area contributed by atoms with E-state index >= 15 is 0 Å². The molecule has 0 fully saturated rings. The smallest absolute Gasteiger partial charge is 0.243 e. The van der Waals surface area contributed by atoms with E-state index in [0.29, 0.717) is 5.02 Å². The second-order valence-electron chi connectivity index (χ2n) is 4.82. The monoisotopic (exact) mass is 366 g/mol. The van der Waals surface area contributed by atoms with Crippen molar-refractivity contribution in [2.75, 3.05) is 17.2 Å². The van der Waals surface area contributed by atoms with Gasteiger partial charge in [0.1, 0.15) is 0 Å². The Hall–Kier alpha value is -1.52. The van der Waals surface area contributed by atoms with Crippen LogP contribution in [-0.4, -0.2) is 12.5 Å². The van der Waals surface area contributed by atoms with Crippen LogP contribution in [0.1, 0.15) is 11.1 Å². The van der Waals surface area contributed by atoms with Crippen molar-refractivity contribution >= 4 is 44.8 Å². The molecule has 0 unspecified atom stereocenters. The zero-order valence-corrected chi connectivity index (χ0v) is 14.2. The number of benzene rings is 2. The van der Waals surface area contributed by atoms with E-state index in [9.17, 15) is 4.79 Å². The number of amides is 1. The van der Waals surface area contributed by atoms with Crippen LogP contribution < -0.4 is 10.6 Å². The predicted octanol–water partition coefficient (Wildman–Crippen LogP) is 4.77. The first-order valence-electron chi connectivity index (χ1n) is 6.52. The van der Waals surface area contributed by atoms with E-state index in [2.05, 4.69) is 26.6 Å². The minimum atomic E-state index is -0.0963. The van der Waals surface area contributed by atoms with E-state index in [1.807, 2.05) is 38.1 Å². The number of aryl methyl sites for hydroxylation is 2. The summed E-state index contributed by atoms with van der Waals surface area (Å²) in [7, 11) is 0. The number of rotatable bonds is 4. The fraction of sp³-hybridized carbons (Fsp3) is 0.188. The third-order valence-corrected chi connectivity index (χ3v) is 4.20. The van der Waals surface area contributed by atoms with E-state index in [1.165, 1.54) is 0 Å². The molecule has 0 aliphatic rings. The predicted molar refractivity (Wildman–Crippen MR) is 92.2 cm³/mol. The van der Waals surface area contributed by atoms with Crippen LogP contribution in [0.25, 0.3) is 0 Å². The summed E-state index contributed by atoms with van der Waals surface area (Å²) in [6, 6.07) is 11.3. The molecule has 2 aromatic rings. The summed E-state index contributed by atoms with van der Waals surface area (Å²) in [5.74, 6) is -0.0963. The molecule has 5 heteroatoms. The number of hydrogen-bond donors (Lipinski definition) is 2. The van der Waals surface area contributed by atoms with Gasteiger partial charge in [-0.15, -0.1) is 0 Å². The van der Waals surface area contributed by atoms with Gasteiger partial charge in [-0.25, -0.2) is 0 Å². The van der Waals surface area contributed by atoms with E-state index < -0.39 is 0 Å². The highest BCUT2D eigenvalue weighted by atomic mass is 79.9. The molecule has 0 bridgehead atoms. The van der Waals surface area contributed by atoms with E-state index in [4.69, 9.17) is 11.6 Å². The van der Waals surface area contributed by atoms with Crippen LogP contribution in [-0.2, 0) is 4.79 Å². The van der Waals surface area contributed by atoms with Crippen molar-refractivity contribution in [1.29, 1.82) is 0 Å². The highest BCUT2D eigenvalue weighted by Gasteiger charge is 2.05. The number of anilines is 2. The molecule has 0 spiro atoms. The fourth-order valence-corrected chi connectivity index (χ4v) is 2.37. The maximum atomic E-state index is 12.0. The van der Waals surface area contributed by atoms with E-state index in [1.54, 1.807) is 12.1 Å². The molecule has 0 aliphatic heterocycles. The summed E-state index contributed by atoms with van der Waals surface area (Å²) in [5, 5.41) is 6.63. The zero-order valence-electron chi connectivity index (χ0n) is 11.8. The number of halogens is 2. The second kappa shape index (κ2) is 6.96. The maximum absolute atomic E-state index is 12.0. The van der Waals surface area contributed by atoms with Crippen LogP contribution in [0, 0.1) is 13.8 Å². The molecule has 3 nitrogen and oxygen atoms in total. The molecule has 2 rings (SSSR count). The molecule has 21 heavy (non-hydrogen) atoms. The Bertz CT molecular complexity index is 673. The van der Waals surface area contributed by atoms with Crippen molar-refractivity contribution in [3.8, 4) is 0 Å². The van der Waals surface area contributed by atoms with Gasteiger partial charge >= 0.3 is 0 Å². The summed E-state index contributed by atoms with van der Waals surface area (Å²) < 4.78 is 1.05. The molecule has 0 saturated heterocycles. The molecular weight excluding hydrogens is 352 g/mol. The van der Waals surface area contributed by atoms with Gasteiger partial charge in [0.05, 0.1) is 6.54 Å². The first-order chi connectivity index (χ1) is 9.95. The molecule has 0 aromatic heterocycles. The zero-order chi connectivity index (χ0) is 15.4. The minimum Gasteiger partial charge on any atom is -0.376 e. The lowest BCUT2D eigenvalue weighted by Gasteiger charge is -2.11. The van der Waals surface area contributed by atoms with Crippen LogP contribution in [0.3, 0.4) is 0 Å². The third kappa shape index (κ3) is 4.48. The Kier molecular flexibility index (Phi) is 5.26. The number of carbonyl (C=O) groups is 1. The molecule has 0 aliphatic carbocycles. The molecule has 110 valence electrons. The Labute approximate surface area is 137 Å². The Balaban J connectivity index is 1.94. The topological polar surface area (TPSA) is 41.1 Å². The lowest BCUT2D eigenvalue weighted by atomic mass is 10.2. The number of nitrogens with one attached hydrogen (secondary N) is 2. The largest absolute Gasteiger partial charge is 0.376 e. The Morgan fingerprint density at radius 2 is 1.90 bits per heavy atom. The summed E-state index contributed by atoms with van der Waals surface area (Å²) in [6.07, 6.45) is 0. The Morgan fingerprint density at radius 1 is 1.14 bits per heavy atom. The standard InChI is InChI=1S/C16H16BrClN2O/c1-10-8-13(4-5-14(10)17)19-9-16(21)20-15-6-3-12(18)7-11(15)2/h3-8,19H,9H2,1-2H3,(H,20,21). The van der Waals surface area contributed by atoms with Gasteiger partial charge in [0.15, 0.2) is 0 Å². The Morgan fingerprint density at radius 3 is 2.57 bits per heavy atom. The molecule has 0 heterocycles. The van der Waals surface area contributed by atoms with Gasteiger partial charge < -0.3 is 10.6 Å². The number of hydrogen-bond acceptors (Lipinski definition) is 2. The third-order valence-electron chi connectivity index (χ3n) is 3.07. The summed E-state index contributed by atoms with van der Waals surface area (Å²) in [5.41, 5.74) is 3.75.